The maximum Gasteiger partial charge on any atom is 0.234 e. The topological polar surface area (TPSA) is 64.3 Å². The number of nitrogens with zero attached hydrogens (tertiary/aromatic N) is 4. The van der Waals surface area contributed by atoms with E-state index in [1.807, 2.05) is 4.52 Å². The van der Waals surface area contributed by atoms with Crippen LogP contribution in [0, 0.1) is 0 Å². The van der Waals surface area contributed by atoms with Crippen LogP contribution in [0.1, 0.15) is 48.7 Å². The first-order valence-electron chi connectivity index (χ1n) is 6.49. The molecule has 2 saturated heterocycles. The van der Waals surface area contributed by atoms with Gasteiger partial charge in [0.2, 0.25) is 4.96 Å². The maximum absolute atomic E-state index is 5.67. The van der Waals surface area contributed by atoms with Gasteiger partial charge in [0.25, 0.3) is 0 Å². The van der Waals surface area contributed by atoms with Gasteiger partial charge < -0.3 is 10.1 Å². The minimum Gasteiger partial charge on any atom is -0.370 e. The van der Waals surface area contributed by atoms with Crippen LogP contribution in [0.15, 0.2) is 0 Å². The lowest BCUT2D eigenvalue weighted by molar-refractivity contribution is 0.103. The van der Waals surface area contributed by atoms with Crippen LogP contribution in [-0.4, -0.2) is 33.0 Å². The molecule has 2 aliphatic heterocycles. The molecule has 0 aliphatic carbocycles. The van der Waals surface area contributed by atoms with Crippen LogP contribution in [-0.2, 0) is 4.74 Å². The molecular weight excluding hydrogens is 250 g/mol. The van der Waals surface area contributed by atoms with Gasteiger partial charge in [-0.05, 0) is 32.2 Å². The van der Waals surface area contributed by atoms with E-state index in [0.717, 1.165) is 41.8 Å². The van der Waals surface area contributed by atoms with Crippen molar-refractivity contribution in [3.63, 3.8) is 0 Å². The quantitative estimate of drug-likeness (QED) is 0.890. The van der Waals surface area contributed by atoms with Crippen LogP contribution >= 0.6 is 11.3 Å². The zero-order chi connectivity index (χ0) is 11.9. The summed E-state index contributed by atoms with van der Waals surface area (Å²) in [5.41, 5.74) is 0. The third-order valence-corrected chi connectivity index (χ3v) is 4.62. The predicted octanol–water partition coefficient (Wildman–Crippen LogP) is 1.46. The highest BCUT2D eigenvalue weighted by Crippen LogP contribution is 2.31. The van der Waals surface area contributed by atoms with Crippen molar-refractivity contribution in [2.75, 3.05) is 13.2 Å². The van der Waals surface area contributed by atoms with Gasteiger partial charge in [0.05, 0.1) is 6.04 Å². The molecule has 6 nitrogen and oxygen atoms in total. The number of rotatable bonds is 2. The summed E-state index contributed by atoms with van der Waals surface area (Å²) in [5, 5.41) is 17.7. The Balaban J connectivity index is 1.71. The second-order valence-corrected chi connectivity index (χ2v) is 5.83. The summed E-state index contributed by atoms with van der Waals surface area (Å²) < 4.78 is 7.54. The number of ether oxygens (including phenoxy) is 1. The normalized spacial score (nSPS) is 28.4. The smallest absolute Gasteiger partial charge is 0.234 e. The average molecular weight is 265 g/mol. The molecule has 2 fully saturated rings. The van der Waals surface area contributed by atoms with E-state index in [1.165, 1.54) is 12.8 Å². The summed E-state index contributed by atoms with van der Waals surface area (Å²) in [7, 11) is 0. The lowest BCUT2D eigenvalue weighted by atomic mass is 10.2. The first-order chi connectivity index (χ1) is 8.92. The molecule has 96 valence electrons. The molecule has 2 atom stereocenters. The molecule has 0 spiro atoms. The van der Waals surface area contributed by atoms with E-state index in [0.29, 0.717) is 6.04 Å². The highest BCUT2D eigenvalue weighted by molar-refractivity contribution is 7.16. The summed E-state index contributed by atoms with van der Waals surface area (Å²) >= 11 is 1.63. The summed E-state index contributed by atoms with van der Waals surface area (Å²) in [6, 6.07) is 0.397. The molecule has 0 amide bonds. The molecule has 0 saturated carbocycles. The molecule has 1 N–H and O–H groups in total. The zero-order valence-electron chi connectivity index (χ0n) is 10.0. The van der Waals surface area contributed by atoms with Crippen LogP contribution in [0.4, 0.5) is 0 Å². The Kier molecular flexibility index (Phi) is 2.56. The van der Waals surface area contributed by atoms with Gasteiger partial charge in [0, 0.05) is 6.61 Å². The van der Waals surface area contributed by atoms with Crippen molar-refractivity contribution >= 4 is 16.3 Å². The van der Waals surface area contributed by atoms with Crippen LogP contribution in [0.2, 0.25) is 0 Å². The van der Waals surface area contributed by atoms with Gasteiger partial charge in [-0.15, -0.1) is 10.2 Å². The Morgan fingerprint density at radius 2 is 2.28 bits per heavy atom. The number of aromatic nitrogens is 4. The predicted molar refractivity (Wildman–Crippen MR) is 66.6 cm³/mol. The molecule has 18 heavy (non-hydrogen) atoms. The van der Waals surface area contributed by atoms with Gasteiger partial charge in [-0.2, -0.15) is 9.61 Å². The number of nitrogens with one attached hydrogen (secondary N) is 1. The first kappa shape index (κ1) is 10.8. The van der Waals surface area contributed by atoms with Gasteiger partial charge in [-0.25, -0.2) is 0 Å². The van der Waals surface area contributed by atoms with Gasteiger partial charge >= 0.3 is 0 Å². The van der Waals surface area contributed by atoms with E-state index in [4.69, 9.17) is 4.74 Å². The van der Waals surface area contributed by atoms with Crippen LogP contribution < -0.4 is 5.32 Å². The highest BCUT2D eigenvalue weighted by Gasteiger charge is 2.27. The average Bonchev–Trinajstić information content (AvgIpc) is 3.13. The lowest BCUT2D eigenvalue weighted by Crippen LogP contribution is -2.13. The largest absolute Gasteiger partial charge is 0.370 e. The van der Waals surface area contributed by atoms with Crippen molar-refractivity contribution in [1.29, 1.82) is 0 Å². The van der Waals surface area contributed by atoms with Crippen LogP contribution in [0.5, 0.6) is 0 Å². The third-order valence-electron chi connectivity index (χ3n) is 3.61. The highest BCUT2D eigenvalue weighted by atomic mass is 32.1. The molecule has 0 bridgehead atoms. The number of fused-ring (bicyclic) bond motifs is 1. The third kappa shape index (κ3) is 1.65. The van der Waals surface area contributed by atoms with Crippen LogP contribution in [0.3, 0.4) is 0 Å². The van der Waals surface area contributed by atoms with Gasteiger partial charge in [-0.1, -0.05) is 11.3 Å². The van der Waals surface area contributed by atoms with E-state index in [-0.39, 0.29) is 6.10 Å². The lowest BCUT2D eigenvalue weighted by Gasteiger charge is -2.05. The summed E-state index contributed by atoms with van der Waals surface area (Å²) in [5.74, 6) is 0.864. The second kappa shape index (κ2) is 4.25. The fraction of sp³-hybridized carbons (Fsp3) is 0.727. The van der Waals surface area contributed by atoms with E-state index in [2.05, 4.69) is 20.6 Å². The molecular formula is C11H15N5OS. The molecule has 4 rings (SSSR count). The summed E-state index contributed by atoms with van der Waals surface area (Å²) in [4.78, 5) is 0.879. The fourth-order valence-electron chi connectivity index (χ4n) is 2.67. The Morgan fingerprint density at radius 3 is 3.06 bits per heavy atom. The number of hydrogen-bond acceptors (Lipinski definition) is 6. The fourth-order valence-corrected chi connectivity index (χ4v) is 3.62. The minimum absolute atomic E-state index is 0.0755. The molecule has 2 aromatic heterocycles. The molecule has 4 heterocycles. The molecule has 2 aromatic rings. The Labute approximate surface area is 108 Å². The van der Waals surface area contributed by atoms with Gasteiger partial charge in [0.15, 0.2) is 5.82 Å². The minimum atomic E-state index is 0.0755. The van der Waals surface area contributed by atoms with Crippen molar-refractivity contribution in [3.8, 4) is 0 Å². The SMILES string of the molecule is C1CNC(c2nn3c(C4CCCO4)nnc3s2)C1. The zero-order valence-corrected chi connectivity index (χ0v) is 10.8. The Morgan fingerprint density at radius 1 is 1.28 bits per heavy atom. The van der Waals surface area contributed by atoms with Crippen molar-refractivity contribution in [3.05, 3.63) is 10.8 Å². The van der Waals surface area contributed by atoms with Crippen molar-refractivity contribution in [2.45, 2.75) is 37.8 Å². The Hall–Kier alpha value is -1.05. The molecule has 0 aromatic carbocycles. The molecule has 2 unspecified atom stereocenters. The summed E-state index contributed by atoms with van der Waals surface area (Å²) in [6.45, 7) is 1.91. The van der Waals surface area contributed by atoms with E-state index in [9.17, 15) is 0 Å². The van der Waals surface area contributed by atoms with E-state index >= 15 is 0 Å². The Bertz CT molecular complexity index is 553. The molecule has 0 radical (unpaired) electrons. The molecule has 2 aliphatic rings. The van der Waals surface area contributed by atoms with E-state index in [1.54, 1.807) is 11.3 Å². The standard InChI is InChI=1S/C11H15N5OS/c1-3-7(12-5-1)10-15-16-9(8-4-2-6-17-8)13-14-11(16)18-10/h7-8,12H,1-6H2. The monoisotopic (exact) mass is 265 g/mol. The van der Waals surface area contributed by atoms with Crippen molar-refractivity contribution < 1.29 is 4.74 Å². The maximum atomic E-state index is 5.67. The van der Waals surface area contributed by atoms with Crippen molar-refractivity contribution in [2.24, 2.45) is 0 Å². The molecule has 7 heteroatoms. The van der Waals surface area contributed by atoms with Gasteiger partial charge in [0.1, 0.15) is 11.1 Å². The first-order valence-corrected chi connectivity index (χ1v) is 7.30. The second-order valence-electron chi connectivity index (χ2n) is 4.84. The van der Waals surface area contributed by atoms with Gasteiger partial charge in [-0.3, -0.25) is 0 Å². The van der Waals surface area contributed by atoms with Crippen molar-refractivity contribution in [1.82, 2.24) is 25.1 Å². The van der Waals surface area contributed by atoms with Crippen LogP contribution in [0.25, 0.3) is 4.96 Å². The number of hydrogen-bond donors (Lipinski definition) is 1. The van der Waals surface area contributed by atoms with E-state index < -0.39 is 0 Å². The summed E-state index contributed by atoms with van der Waals surface area (Å²) in [6.07, 6.45) is 4.59.